The van der Waals surface area contributed by atoms with E-state index in [-0.39, 0.29) is 0 Å². The molecule has 2 nitrogen and oxygen atoms in total. The highest BCUT2D eigenvalue weighted by Gasteiger charge is 2.11. The summed E-state index contributed by atoms with van der Waals surface area (Å²) in [5.41, 5.74) is 13.2. The highest BCUT2D eigenvalue weighted by atomic mass is 32.2. The lowest BCUT2D eigenvalue weighted by Crippen LogP contribution is -1.81. The Balaban J connectivity index is 1.29. The van der Waals surface area contributed by atoms with Gasteiger partial charge in [-0.1, -0.05) is 23.5 Å². The summed E-state index contributed by atoms with van der Waals surface area (Å²) >= 11 is 9.08. The molecule has 0 atom stereocenters. The first-order chi connectivity index (χ1) is 15.1. The highest BCUT2D eigenvalue weighted by Crippen LogP contribution is 2.44. The SMILES string of the molecule is Nc1ccc(Sc2ccc(-c3ccc(-c4ccc(Sc5ccc(N)cc5)s4)s3)s2)cc1. The van der Waals surface area contributed by atoms with Gasteiger partial charge in [0.25, 0.3) is 0 Å². The van der Waals surface area contributed by atoms with E-state index >= 15 is 0 Å². The maximum Gasteiger partial charge on any atom is 0.0653 e. The molecule has 4 N–H and O–H groups in total. The molecule has 0 saturated heterocycles. The Morgan fingerprint density at radius 1 is 0.419 bits per heavy atom. The van der Waals surface area contributed by atoms with Gasteiger partial charge in [-0.25, -0.2) is 0 Å². The van der Waals surface area contributed by atoms with Crippen molar-refractivity contribution in [2.24, 2.45) is 0 Å². The fourth-order valence-corrected chi connectivity index (χ4v) is 8.31. The van der Waals surface area contributed by atoms with Crippen LogP contribution in [0.3, 0.4) is 0 Å². The van der Waals surface area contributed by atoms with Crippen LogP contribution in [0.2, 0.25) is 0 Å². The highest BCUT2D eigenvalue weighted by molar-refractivity contribution is 8.01. The van der Waals surface area contributed by atoms with Crippen LogP contribution >= 0.6 is 57.5 Å². The van der Waals surface area contributed by atoms with Gasteiger partial charge in [0.15, 0.2) is 0 Å². The minimum absolute atomic E-state index is 0.797. The van der Waals surface area contributed by atoms with E-state index in [2.05, 4.69) is 60.7 Å². The van der Waals surface area contributed by atoms with Gasteiger partial charge in [0.1, 0.15) is 0 Å². The minimum atomic E-state index is 0.797. The Morgan fingerprint density at radius 3 is 1.19 bits per heavy atom. The van der Waals surface area contributed by atoms with E-state index in [0.29, 0.717) is 0 Å². The molecule has 0 amide bonds. The molecule has 0 unspecified atom stereocenters. The third-order valence-corrected chi connectivity index (χ3v) is 10.4. The van der Waals surface area contributed by atoms with Crippen LogP contribution in [0.15, 0.2) is 103 Å². The van der Waals surface area contributed by atoms with E-state index in [9.17, 15) is 0 Å². The lowest BCUT2D eigenvalue weighted by Gasteiger charge is -1.99. The lowest BCUT2D eigenvalue weighted by molar-refractivity contribution is 1.46. The molecule has 0 aliphatic heterocycles. The van der Waals surface area contributed by atoms with Crippen LogP contribution < -0.4 is 11.5 Å². The molecule has 3 heterocycles. The molecular formula is C24H18N2S5. The maximum absolute atomic E-state index is 5.79. The van der Waals surface area contributed by atoms with Crippen LogP contribution in [-0.4, -0.2) is 0 Å². The summed E-state index contributed by atoms with van der Waals surface area (Å²) in [6, 6.07) is 29.4. The number of anilines is 2. The summed E-state index contributed by atoms with van der Waals surface area (Å²) in [5, 5.41) is 0. The van der Waals surface area contributed by atoms with Crippen molar-refractivity contribution < 1.29 is 0 Å². The summed E-state index contributed by atoms with van der Waals surface area (Å²) < 4.78 is 2.57. The Bertz CT molecular complexity index is 1200. The average molecular weight is 495 g/mol. The van der Waals surface area contributed by atoms with Gasteiger partial charge in [0.05, 0.1) is 8.42 Å². The van der Waals surface area contributed by atoms with Crippen molar-refractivity contribution >= 4 is 68.9 Å². The van der Waals surface area contributed by atoms with Crippen LogP contribution in [0.5, 0.6) is 0 Å². The monoisotopic (exact) mass is 494 g/mol. The van der Waals surface area contributed by atoms with Gasteiger partial charge in [-0.05, 0) is 84.9 Å². The van der Waals surface area contributed by atoms with Gasteiger partial charge in [-0.2, -0.15) is 0 Å². The molecule has 154 valence electrons. The second-order valence-electron chi connectivity index (χ2n) is 6.74. The third-order valence-electron chi connectivity index (χ3n) is 4.45. The number of hydrogen-bond donors (Lipinski definition) is 2. The molecule has 31 heavy (non-hydrogen) atoms. The smallest absolute Gasteiger partial charge is 0.0653 e. The fourth-order valence-electron chi connectivity index (χ4n) is 2.92. The number of thiophene rings is 3. The molecule has 0 aliphatic rings. The second-order valence-corrected chi connectivity index (χ2v) is 12.7. The summed E-state index contributed by atoms with van der Waals surface area (Å²) in [6.07, 6.45) is 0. The molecule has 5 rings (SSSR count). The van der Waals surface area contributed by atoms with Crippen molar-refractivity contribution in [2.45, 2.75) is 18.2 Å². The van der Waals surface area contributed by atoms with Crippen LogP contribution in [0.25, 0.3) is 19.5 Å². The van der Waals surface area contributed by atoms with Crippen LogP contribution in [0, 0.1) is 0 Å². The summed E-state index contributed by atoms with van der Waals surface area (Å²) in [7, 11) is 0. The first-order valence-corrected chi connectivity index (χ1v) is 13.6. The molecule has 3 aromatic heterocycles. The molecule has 0 spiro atoms. The molecule has 0 aliphatic carbocycles. The Labute approximate surface area is 202 Å². The van der Waals surface area contributed by atoms with Gasteiger partial charge < -0.3 is 11.5 Å². The normalized spacial score (nSPS) is 11.1. The number of benzene rings is 2. The average Bonchev–Trinajstić information content (AvgIpc) is 3.52. The van der Waals surface area contributed by atoms with Gasteiger partial charge in [0.2, 0.25) is 0 Å². The van der Waals surface area contributed by atoms with Crippen molar-refractivity contribution in [3.63, 3.8) is 0 Å². The van der Waals surface area contributed by atoms with Crippen LogP contribution in [0.4, 0.5) is 11.4 Å². The van der Waals surface area contributed by atoms with Gasteiger partial charge in [-0.15, -0.1) is 34.0 Å². The van der Waals surface area contributed by atoms with Crippen molar-refractivity contribution in [2.75, 3.05) is 11.5 Å². The number of nitrogen functional groups attached to an aromatic ring is 2. The molecule has 2 aromatic carbocycles. The van der Waals surface area contributed by atoms with Crippen molar-refractivity contribution in [3.05, 3.63) is 84.9 Å². The Hall–Kier alpha value is -2.16. The largest absolute Gasteiger partial charge is 0.399 e. The van der Waals surface area contributed by atoms with E-state index in [1.165, 1.54) is 37.7 Å². The first-order valence-electron chi connectivity index (χ1n) is 9.49. The van der Waals surface area contributed by atoms with E-state index in [4.69, 9.17) is 11.5 Å². The topological polar surface area (TPSA) is 52.0 Å². The standard InChI is InChI=1S/C24H18N2S5/c25-15-1-5-17(6-2-15)27-23-13-11-21(30-23)19-9-10-20(29-19)22-12-14-24(31-22)28-18-7-3-16(26)4-8-18/h1-14H,25-26H2. The quantitative estimate of drug-likeness (QED) is 0.232. The number of nitrogens with two attached hydrogens (primary N) is 2. The van der Waals surface area contributed by atoms with E-state index in [1.807, 2.05) is 58.3 Å². The molecule has 7 heteroatoms. The fraction of sp³-hybridized carbons (Fsp3) is 0. The number of hydrogen-bond acceptors (Lipinski definition) is 7. The van der Waals surface area contributed by atoms with E-state index in [0.717, 1.165) is 11.4 Å². The van der Waals surface area contributed by atoms with E-state index < -0.39 is 0 Å². The minimum Gasteiger partial charge on any atom is -0.399 e. The number of rotatable bonds is 6. The summed E-state index contributed by atoms with van der Waals surface area (Å²) in [4.78, 5) is 7.65. The molecule has 0 saturated carbocycles. The predicted octanol–water partition coefficient (Wildman–Crippen LogP) is 8.67. The molecular weight excluding hydrogens is 477 g/mol. The van der Waals surface area contributed by atoms with Gasteiger partial charge in [-0.3, -0.25) is 0 Å². The van der Waals surface area contributed by atoms with Crippen molar-refractivity contribution in [1.29, 1.82) is 0 Å². The molecule has 0 fully saturated rings. The maximum atomic E-state index is 5.79. The molecule has 0 bridgehead atoms. The molecule has 5 aromatic rings. The second kappa shape index (κ2) is 9.14. The zero-order chi connectivity index (χ0) is 21.2. The first kappa shape index (κ1) is 20.7. The summed E-state index contributed by atoms with van der Waals surface area (Å²) in [6.45, 7) is 0. The van der Waals surface area contributed by atoms with Crippen molar-refractivity contribution in [1.82, 2.24) is 0 Å². The zero-order valence-electron chi connectivity index (χ0n) is 16.3. The van der Waals surface area contributed by atoms with Gasteiger partial charge >= 0.3 is 0 Å². The summed E-state index contributed by atoms with van der Waals surface area (Å²) in [5.74, 6) is 0. The van der Waals surface area contributed by atoms with Crippen LogP contribution in [0.1, 0.15) is 0 Å². The van der Waals surface area contributed by atoms with Crippen molar-refractivity contribution in [3.8, 4) is 19.5 Å². The third kappa shape index (κ3) is 5.02. The predicted molar refractivity (Wildman–Crippen MR) is 141 cm³/mol. The lowest BCUT2D eigenvalue weighted by atomic mass is 10.3. The Morgan fingerprint density at radius 2 is 0.774 bits per heavy atom. The molecule has 0 radical (unpaired) electrons. The Kier molecular flexibility index (Phi) is 6.11. The van der Waals surface area contributed by atoms with E-state index in [1.54, 1.807) is 23.5 Å². The zero-order valence-corrected chi connectivity index (χ0v) is 20.4. The van der Waals surface area contributed by atoms with Crippen LogP contribution in [-0.2, 0) is 0 Å². The van der Waals surface area contributed by atoms with Gasteiger partial charge in [0, 0.05) is 40.7 Å².